The molecule has 0 radical (unpaired) electrons. The molecule has 0 saturated heterocycles. The number of nitrogens with one attached hydrogen (secondary N) is 2. The second-order valence-electron chi connectivity index (χ2n) is 3.08. The molecule has 1 rings (SSSR count). The third-order valence-corrected chi connectivity index (χ3v) is 1.82. The third kappa shape index (κ3) is 4.02. The molecule has 17 heavy (non-hydrogen) atoms. The van der Waals surface area contributed by atoms with E-state index in [0.717, 1.165) is 6.21 Å². The van der Waals surface area contributed by atoms with Gasteiger partial charge in [-0.2, -0.15) is 5.10 Å². The molecule has 0 atom stereocenters. The lowest BCUT2D eigenvalue weighted by molar-refractivity contribution is -0.139. The Bertz CT molecular complexity index is 446. The second-order valence-corrected chi connectivity index (χ2v) is 3.08. The van der Waals surface area contributed by atoms with Gasteiger partial charge in [0.15, 0.2) is 0 Å². The molecule has 90 valence electrons. The van der Waals surface area contributed by atoms with Crippen molar-refractivity contribution < 1.29 is 14.0 Å². The molecule has 2 amide bonds. The van der Waals surface area contributed by atoms with Gasteiger partial charge in [-0.3, -0.25) is 9.59 Å². The Balaban J connectivity index is 2.54. The summed E-state index contributed by atoms with van der Waals surface area (Å²) in [6.45, 7) is 2.04. The molecule has 5 nitrogen and oxygen atoms in total. The molecule has 0 fully saturated rings. The fourth-order valence-corrected chi connectivity index (χ4v) is 1.03. The van der Waals surface area contributed by atoms with E-state index >= 15 is 0 Å². The number of halogens is 1. The van der Waals surface area contributed by atoms with Crippen LogP contribution in [0, 0.1) is 5.82 Å². The van der Waals surface area contributed by atoms with Gasteiger partial charge in [0, 0.05) is 12.1 Å². The number of hydrogen-bond donors (Lipinski definition) is 2. The van der Waals surface area contributed by atoms with Crippen molar-refractivity contribution in [3.05, 3.63) is 35.6 Å². The van der Waals surface area contributed by atoms with Crippen LogP contribution in [0.25, 0.3) is 0 Å². The number of amides is 2. The minimum absolute atomic E-state index is 0.226. The minimum Gasteiger partial charge on any atom is -0.348 e. The molecule has 0 heterocycles. The fourth-order valence-electron chi connectivity index (χ4n) is 1.03. The van der Waals surface area contributed by atoms with Crippen molar-refractivity contribution in [1.29, 1.82) is 0 Å². The summed E-state index contributed by atoms with van der Waals surface area (Å²) in [6.07, 6.45) is 1.13. The number of carbonyl (C=O) groups is 2. The van der Waals surface area contributed by atoms with Gasteiger partial charge in [0.1, 0.15) is 5.82 Å². The summed E-state index contributed by atoms with van der Waals surface area (Å²) in [7, 11) is 0. The van der Waals surface area contributed by atoms with E-state index in [4.69, 9.17) is 0 Å². The first-order valence-electron chi connectivity index (χ1n) is 5.01. The molecule has 0 bridgehead atoms. The van der Waals surface area contributed by atoms with Gasteiger partial charge < -0.3 is 5.32 Å². The minimum atomic E-state index is -0.889. The number of rotatable bonds is 3. The third-order valence-electron chi connectivity index (χ3n) is 1.82. The van der Waals surface area contributed by atoms with Crippen LogP contribution in [0.5, 0.6) is 0 Å². The van der Waals surface area contributed by atoms with Gasteiger partial charge in [0.2, 0.25) is 0 Å². The normalized spacial score (nSPS) is 10.2. The van der Waals surface area contributed by atoms with Crippen molar-refractivity contribution in [3.63, 3.8) is 0 Å². The topological polar surface area (TPSA) is 70.6 Å². The van der Waals surface area contributed by atoms with Crippen LogP contribution in [0.3, 0.4) is 0 Å². The summed E-state index contributed by atoms with van der Waals surface area (Å²) >= 11 is 0. The molecule has 0 aromatic heterocycles. The van der Waals surface area contributed by atoms with Crippen molar-refractivity contribution in [2.75, 3.05) is 6.54 Å². The molecular weight excluding hydrogens is 225 g/mol. The quantitative estimate of drug-likeness (QED) is 0.454. The average molecular weight is 237 g/mol. The Labute approximate surface area is 97.7 Å². The fraction of sp³-hybridized carbons (Fsp3) is 0.182. The largest absolute Gasteiger partial charge is 0.348 e. The Morgan fingerprint density at radius 3 is 2.71 bits per heavy atom. The van der Waals surface area contributed by atoms with Gasteiger partial charge in [-0.25, -0.2) is 9.82 Å². The molecule has 0 spiro atoms. The lowest BCUT2D eigenvalue weighted by atomic mass is 10.2. The summed E-state index contributed by atoms with van der Waals surface area (Å²) in [4.78, 5) is 22.1. The van der Waals surface area contributed by atoms with E-state index in [-0.39, 0.29) is 5.56 Å². The van der Waals surface area contributed by atoms with Gasteiger partial charge in [0.25, 0.3) is 0 Å². The first kappa shape index (κ1) is 12.8. The highest BCUT2D eigenvalue weighted by atomic mass is 19.1. The molecule has 0 aliphatic rings. The van der Waals surface area contributed by atoms with E-state index in [1.165, 1.54) is 12.1 Å². The van der Waals surface area contributed by atoms with E-state index < -0.39 is 17.6 Å². The van der Waals surface area contributed by atoms with E-state index in [9.17, 15) is 14.0 Å². The maximum Gasteiger partial charge on any atom is 0.329 e. The Morgan fingerprint density at radius 2 is 2.06 bits per heavy atom. The molecule has 1 aromatic rings. The van der Waals surface area contributed by atoms with Gasteiger partial charge in [-0.1, -0.05) is 18.2 Å². The molecule has 0 aliphatic heterocycles. The highest BCUT2D eigenvalue weighted by molar-refractivity contribution is 6.35. The SMILES string of the molecule is CCNC(=O)C(=O)N/N=C/c1ccccc1F. The first-order valence-corrected chi connectivity index (χ1v) is 5.01. The maximum absolute atomic E-state index is 13.1. The van der Waals surface area contributed by atoms with Crippen LogP contribution in [0.4, 0.5) is 4.39 Å². The number of nitrogens with zero attached hydrogens (tertiary/aromatic N) is 1. The molecule has 1 aromatic carbocycles. The van der Waals surface area contributed by atoms with Crippen LogP contribution in [0.1, 0.15) is 12.5 Å². The zero-order valence-electron chi connectivity index (χ0n) is 9.24. The highest BCUT2D eigenvalue weighted by Gasteiger charge is 2.10. The Morgan fingerprint density at radius 1 is 1.35 bits per heavy atom. The average Bonchev–Trinajstić information content (AvgIpc) is 2.31. The van der Waals surface area contributed by atoms with Crippen LogP contribution in [-0.2, 0) is 9.59 Å². The van der Waals surface area contributed by atoms with Gasteiger partial charge in [-0.05, 0) is 13.0 Å². The summed E-state index contributed by atoms with van der Waals surface area (Å²) < 4.78 is 13.1. The number of carbonyl (C=O) groups excluding carboxylic acids is 2. The summed E-state index contributed by atoms with van der Waals surface area (Å²) in [5.74, 6) is -2.12. The smallest absolute Gasteiger partial charge is 0.329 e. The van der Waals surface area contributed by atoms with Gasteiger partial charge >= 0.3 is 11.8 Å². The van der Waals surface area contributed by atoms with Crippen molar-refractivity contribution in [2.45, 2.75) is 6.92 Å². The standard InChI is InChI=1S/C11H12FN3O2/c1-2-13-10(16)11(17)15-14-7-8-5-3-4-6-9(8)12/h3-7H,2H2,1H3,(H,13,16)(H,15,17)/b14-7+. The molecule has 0 saturated carbocycles. The second kappa shape index (κ2) is 6.37. The Kier molecular flexibility index (Phi) is 4.80. The molecule has 0 unspecified atom stereocenters. The van der Waals surface area contributed by atoms with Crippen molar-refractivity contribution >= 4 is 18.0 Å². The number of hydrogen-bond acceptors (Lipinski definition) is 3. The van der Waals surface area contributed by atoms with E-state index in [2.05, 4.69) is 10.4 Å². The Hall–Kier alpha value is -2.24. The van der Waals surface area contributed by atoms with Crippen LogP contribution in [-0.4, -0.2) is 24.6 Å². The van der Waals surface area contributed by atoms with Crippen LogP contribution in [0.15, 0.2) is 29.4 Å². The van der Waals surface area contributed by atoms with E-state index in [0.29, 0.717) is 6.54 Å². The van der Waals surface area contributed by atoms with E-state index in [1.807, 2.05) is 5.43 Å². The van der Waals surface area contributed by atoms with Crippen LogP contribution >= 0.6 is 0 Å². The van der Waals surface area contributed by atoms with Crippen LogP contribution in [0.2, 0.25) is 0 Å². The predicted molar refractivity (Wildman–Crippen MR) is 60.8 cm³/mol. The lowest BCUT2D eigenvalue weighted by Crippen LogP contribution is -2.37. The summed E-state index contributed by atoms with van der Waals surface area (Å²) in [5, 5.41) is 5.79. The van der Waals surface area contributed by atoms with Gasteiger partial charge in [0.05, 0.1) is 6.21 Å². The maximum atomic E-state index is 13.1. The number of hydrazone groups is 1. The van der Waals surface area contributed by atoms with E-state index in [1.54, 1.807) is 19.1 Å². The number of benzene rings is 1. The zero-order chi connectivity index (χ0) is 12.7. The molecular formula is C11H12FN3O2. The van der Waals surface area contributed by atoms with Crippen molar-refractivity contribution in [2.24, 2.45) is 5.10 Å². The molecule has 0 aliphatic carbocycles. The van der Waals surface area contributed by atoms with Crippen LogP contribution < -0.4 is 10.7 Å². The number of likely N-dealkylation sites (N-methyl/N-ethyl adjacent to an activating group) is 1. The highest BCUT2D eigenvalue weighted by Crippen LogP contribution is 2.02. The zero-order valence-corrected chi connectivity index (χ0v) is 9.24. The molecule has 6 heteroatoms. The monoisotopic (exact) mass is 237 g/mol. The van der Waals surface area contributed by atoms with Crippen molar-refractivity contribution in [3.8, 4) is 0 Å². The summed E-state index contributed by atoms with van der Waals surface area (Å²) in [6, 6.07) is 5.94. The van der Waals surface area contributed by atoms with Gasteiger partial charge in [-0.15, -0.1) is 0 Å². The predicted octanol–water partition coefficient (Wildman–Crippen LogP) is 0.412. The lowest BCUT2D eigenvalue weighted by Gasteiger charge is -1.99. The molecule has 2 N–H and O–H groups in total. The van der Waals surface area contributed by atoms with Crippen molar-refractivity contribution in [1.82, 2.24) is 10.7 Å². The summed E-state index contributed by atoms with van der Waals surface area (Å²) in [5.41, 5.74) is 2.22. The first-order chi connectivity index (χ1) is 8.15.